The minimum atomic E-state index is 0.905. The van der Waals surface area contributed by atoms with E-state index in [1.54, 1.807) is 0 Å². The van der Waals surface area contributed by atoms with Crippen molar-refractivity contribution in [3.63, 3.8) is 0 Å². The van der Waals surface area contributed by atoms with Gasteiger partial charge in [0.15, 0.2) is 0 Å². The van der Waals surface area contributed by atoms with E-state index in [9.17, 15) is 0 Å². The molecule has 1 rings (SSSR count). The fourth-order valence-electron chi connectivity index (χ4n) is 2.87. The van der Waals surface area contributed by atoms with E-state index in [0.29, 0.717) is 0 Å². The lowest BCUT2D eigenvalue weighted by molar-refractivity contribution is 0.140. The van der Waals surface area contributed by atoms with Crippen molar-refractivity contribution in [3.05, 3.63) is 0 Å². The highest BCUT2D eigenvalue weighted by molar-refractivity contribution is 4.79. The van der Waals surface area contributed by atoms with Crippen LogP contribution < -0.4 is 0 Å². The van der Waals surface area contributed by atoms with E-state index in [-0.39, 0.29) is 0 Å². The lowest BCUT2D eigenvalue weighted by Crippen LogP contribution is -2.26. The van der Waals surface area contributed by atoms with Crippen molar-refractivity contribution in [2.75, 3.05) is 0 Å². The average Bonchev–Trinajstić information content (AvgIpc) is 2.03. The zero-order chi connectivity index (χ0) is 9.14. The van der Waals surface area contributed by atoms with Crippen molar-refractivity contribution >= 4 is 0 Å². The van der Waals surface area contributed by atoms with Crippen molar-refractivity contribution in [1.82, 2.24) is 0 Å². The second-order valence-electron chi connectivity index (χ2n) is 4.99. The highest BCUT2D eigenvalue weighted by Gasteiger charge is 2.28. The molecule has 0 aromatic carbocycles. The Labute approximate surface area is 77.7 Å². The first-order chi connectivity index (χ1) is 5.65. The van der Waals surface area contributed by atoms with Gasteiger partial charge >= 0.3 is 0 Å². The maximum Gasteiger partial charge on any atom is -0.0363 e. The van der Waals surface area contributed by atoms with Gasteiger partial charge < -0.3 is 0 Å². The van der Waals surface area contributed by atoms with Crippen LogP contribution in [0.5, 0.6) is 0 Å². The largest absolute Gasteiger partial charge is 0.0651 e. The molecule has 0 heteroatoms. The van der Waals surface area contributed by atoms with E-state index in [0.717, 1.165) is 23.7 Å². The second kappa shape index (κ2) is 4.30. The Morgan fingerprint density at radius 2 is 1.92 bits per heavy atom. The summed E-state index contributed by atoms with van der Waals surface area (Å²) < 4.78 is 0. The van der Waals surface area contributed by atoms with Gasteiger partial charge in [-0.25, -0.2) is 0 Å². The molecule has 0 spiro atoms. The van der Waals surface area contributed by atoms with Crippen LogP contribution in [0, 0.1) is 23.7 Å². The first-order valence-corrected chi connectivity index (χ1v) is 5.65. The minimum absolute atomic E-state index is 0.905. The van der Waals surface area contributed by atoms with Gasteiger partial charge in [-0.15, -0.1) is 0 Å². The lowest BCUT2D eigenvalue weighted by atomic mass is 9.69. The van der Waals surface area contributed by atoms with Gasteiger partial charge in [0.25, 0.3) is 0 Å². The monoisotopic (exact) mass is 168 g/mol. The molecule has 1 aliphatic carbocycles. The van der Waals surface area contributed by atoms with Crippen LogP contribution in [0.3, 0.4) is 0 Å². The first-order valence-electron chi connectivity index (χ1n) is 5.65. The molecule has 1 unspecified atom stereocenters. The Balaban J connectivity index is 2.50. The van der Waals surface area contributed by atoms with Crippen molar-refractivity contribution in [3.8, 4) is 0 Å². The van der Waals surface area contributed by atoms with E-state index in [4.69, 9.17) is 0 Å². The maximum atomic E-state index is 2.42. The normalized spacial score (nSPS) is 37.2. The highest BCUT2D eigenvalue weighted by Crippen LogP contribution is 2.39. The first kappa shape index (κ1) is 10.1. The summed E-state index contributed by atoms with van der Waals surface area (Å²) in [7, 11) is 0. The molecule has 1 fully saturated rings. The summed E-state index contributed by atoms with van der Waals surface area (Å²) in [6, 6.07) is 0. The predicted molar refractivity (Wildman–Crippen MR) is 55.1 cm³/mol. The van der Waals surface area contributed by atoms with Gasteiger partial charge in [-0.05, 0) is 36.5 Å². The quantitative estimate of drug-likeness (QED) is 0.582. The molecular weight excluding hydrogens is 144 g/mol. The Morgan fingerprint density at radius 1 is 1.25 bits per heavy atom. The summed E-state index contributed by atoms with van der Waals surface area (Å²) in [6.07, 6.45) is 5.84. The molecule has 0 aliphatic heterocycles. The molecule has 0 radical (unpaired) electrons. The molecule has 72 valence electrons. The van der Waals surface area contributed by atoms with E-state index in [2.05, 4.69) is 27.7 Å². The molecule has 0 aromatic rings. The van der Waals surface area contributed by atoms with E-state index >= 15 is 0 Å². The molecule has 0 heterocycles. The van der Waals surface area contributed by atoms with Gasteiger partial charge in [-0.2, -0.15) is 0 Å². The summed E-state index contributed by atoms with van der Waals surface area (Å²) in [5.74, 6) is 3.94. The van der Waals surface area contributed by atoms with Crippen molar-refractivity contribution in [2.24, 2.45) is 23.7 Å². The molecule has 0 nitrogen and oxygen atoms in total. The fourth-order valence-corrected chi connectivity index (χ4v) is 2.87. The fraction of sp³-hybridized carbons (Fsp3) is 1.00. The zero-order valence-electron chi connectivity index (χ0n) is 9.14. The predicted octanol–water partition coefficient (Wildman–Crippen LogP) is 4.10. The zero-order valence-corrected chi connectivity index (χ0v) is 9.14. The van der Waals surface area contributed by atoms with E-state index in [1.165, 1.54) is 25.7 Å². The Kier molecular flexibility index (Phi) is 3.61. The third kappa shape index (κ3) is 2.24. The SMILES string of the molecule is CC[C@H]1C[C@H](C)CCC1C(C)C. The summed E-state index contributed by atoms with van der Waals surface area (Å²) in [5.41, 5.74) is 0. The molecule has 12 heavy (non-hydrogen) atoms. The van der Waals surface area contributed by atoms with Crippen LogP contribution in [0.1, 0.15) is 53.4 Å². The molecule has 0 amide bonds. The average molecular weight is 168 g/mol. The van der Waals surface area contributed by atoms with Crippen molar-refractivity contribution in [2.45, 2.75) is 53.4 Å². The van der Waals surface area contributed by atoms with E-state index < -0.39 is 0 Å². The van der Waals surface area contributed by atoms with Gasteiger partial charge in [0.05, 0.1) is 0 Å². The summed E-state index contributed by atoms with van der Waals surface area (Å²) in [6.45, 7) is 9.56. The molecule has 0 aromatic heterocycles. The van der Waals surface area contributed by atoms with Gasteiger partial charge in [0.2, 0.25) is 0 Å². The van der Waals surface area contributed by atoms with Crippen LogP contribution in [0.25, 0.3) is 0 Å². The molecule has 3 atom stereocenters. The summed E-state index contributed by atoms with van der Waals surface area (Å²) in [5, 5.41) is 0. The van der Waals surface area contributed by atoms with Crippen molar-refractivity contribution in [1.29, 1.82) is 0 Å². The number of hydrogen-bond acceptors (Lipinski definition) is 0. The molecule has 1 saturated carbocycles. The Hall–Kier alpha value is 0. The van der Waals surface area contributed by atoms with Crippen LogP contribution in [-0.2, 0) is 0 Å². The van der Waals surface area contributed by atoms with Gasteiger partial charge in [0.1, 0.15) is 0 Å². The van der Waals surface area contributed by atoms with Crippen LogP contribution in [0.4, 0.5) is 0 Å². The molecular formula is C12H24. The number of rotatable bonds is 2. The van der Waals surface area contributed by atoms with Crippen molar-refractivity contribution < 1.29 is 0 Å². The summed E-state index contributed by atoms with van der Waals surface area (Å²) >= 11 is 0. The molecule has 0 bridgehead atoms. The van der Waals surface area contributed by atoms with E-state index in [1.807, 2.05) is 0 Å². The minimum Gasteiger partial charge on any atom is -0.0651 e. The topological polar surface area (TPSA) is 0 Å². The molecule has 0 saturated heterocycles. The summed E-state index contributed by atoms with van der Waals surface area (Å²) in [4.78, 5) is 0. The Morgan fingerprint density at radius 3 is 2.42 bits per heavy atom. The van der Waals surface area contributed by atoms with Crippen LogP contribution in [-0.4, -0.2) is 0 Å². The lowest BCUT2D eigenvalue weighted by Gasteiger charge is -2.36. The van der Waals surface area contributed by atoms with Gasteiger partial charge in [0, 0.05) is 0 Å². The van der Waals surface area contributed by atoms with Gasteiger partial charge in [-0.3, -0.25) is 0 Å². The Bertz CT molecular complexity index is 126. The highest BCUT2D eigenvalue weighted by atomic mass is 14.3. The number of hydrogen-bond donors (Lipinski definition) is 0. The molecule has 0 N–H and O–H groups in total. The van der Waals surface area contributed by atoms with Crippen LogP contribution in [0.15, 0.2) is 0 Å². The third-order valence-electron chi connectivity index (χ3n) is 3.68. The maximum absolute atomic E-state index is 2.42. The smallest absolute Gasteiger partial charge is 0.0363 e. The standard InChI is InChI=1S/C12H24/c1-5-11-8-10(4)6-7-12(11)9(2)3/h9-12H,5-8H2,1-4H3/t10-,11+,12?/m1/s1. The van der Waals surface area contributed by atoms with Gasteiger partial charge in [-0.1, -0.05) is 40.5 Å². The van der Waals surface area contributed by atoms with Crippen LogP contribution >= 0.6 is 0 Å². The second-order valence-corrected chi connectivity index (χ2v) is 4.99. The molecule has 1 aliphatic rings. The third-order valence-corrected chi connectivity index (χ3v) is 3.68. The van der Waals surface area contributed by atoms with Crippen LogP contribution in [0.2, 0.25) is 0 Å².